The van der Waals surface area contributed by atoms with Gasteiger partial charge < -0.3 is 15.3 Å². The second-order valence-corrected chi connectivity index (χ2v) is 6.95. The Morgan fingerprint density at radius 1 is 1.00 bits per heavy atom. The number of aliphatic hydroxyl groups excluding tert-OH is 1. The van der Waals surface area contributed by atoms with Crippen LogP contribution >= 0.6 is 0 Å². The standard InChI is InChI=1S/C19H29N3O2/c23-15-17-8-6-16(7-9-17)14-20-19(24)22-11-3-10-21(12-13-22)18-4-1-2-5-18/h6-9,18,23H,1-5,10-15H2,(H,20,24). The Labute approximate surface area is 144 Å². The van der Waals surface area contributed by atoms with Crippen LogP contribution in [-0.4, -0.2) is 53.2 Å². The van der Waals surface area contributed by atoms with E-state index in [1.165, 1.54) is 25.7 Å². The lowest BCUT2D eigenvalue weighted by atomic mass is 10.1. The highest BCUT2D eigenvalue weighted by molar-refractivity contribution is 5.74. The van der Waals surface area contributed by atoms with E-state index in [2.05, 4.69) is 10.2 Å². The summed E-state index contributed by atoms with van der Waals surface area (Å²) in [6.45, 7) is 4.38. The normalized spacial score (nSPS) is 20.1. The Bertz CT molecular complexity index is 526. The summed E-state index contributed by atoms with van der Waals surface area (Å²) in [5.41, 5.74) is 1.95. The highest BCUT2D eigenvalue weighted by atomic mass is 16.3. The molecule has 2 aliphatic rings. The number of nitrogens with zero attached hydrogens (tertiary/aromatic N) is 2. The summed E-state index contributed by atoms with van der Waals surface area (Å²) in [5.74, 6) is 0. The van der Waals surface area contributed by atoms with Crippen molar-refractivity contribution in [2.24, 2.45) is 0 Å². The molecule has 2 N–H and O–H groups in total. The largest absolute Gasteiger partial charge is 0.392 e. The number of urea groups is 1. The predicted molar refractivity (Wildman–Crippen MR) is 94.6 cm³/mol. The zero-order valence-corrected chi connectivity index (χ0v) is 14.4. The Hall–Kier alpha value is -1.59. The molecule has 3 rings (SSSR count). The van der Waals surface area contributed by atoms with Crippen molar-refractivity contribution in [1.29, 1.82) is 0 Å². The van der Waals surface area contributed by atoms with Crippen LogP contribution in [0.2, 0.25) is 0 Å². The van der Waals surface area contributed by atoms with Crippen LogP contribution in [0.15, 0.2) is 24.3 Å². The second-order valence-electron chi connectivity index (χ2n) is 6.95. The number of hydrogen-bond acceptors (Lipinski definition) is 3. The molecule has 1 saturated carbocycles. The maximum atomic E-state index is 12.4. The molecule has 1 aromatic rings. The third kappa shape index (κ3) is 4.48. The molecule has 0 unspecified atom stereocenters. The van der Waals surface area contributed by atoms with E-state index in [0.29, 0.717) is 6.54 Å². The van der Waals surface area contributed by atoms with E-state index in [1.54, 1.807) is 0 Å². The molecular weight excluding hydrogens is 302 g/mol. The van der Waals surface area contributed by atoms with Crippen molar-refractivity contribution in [3.63, 3.8) is 0 Å². The SMILES string of the molecule is O=C(NCc1ccc(CO)cc1)N1CCCN(C2CCCC2)CC1. The molecule has 24 heavy (non-hydrogen) atoms. The summed E-state index contributed by atoms with van der Waals surface area (Å²) in [6.07, 6.45) is 6.45. The summed E-state index contributed by atoms with van der Waals surface area (Å²) in [7, 11) is 0. The zero-order valence-electron chi connectivity index (χ0n) is 14.4. The smallest absolute Gasteiger partial charge is 0.317 e. The summed E-state index contributed by atoms with van der Waals surface area (Å²) in [6, 6.07) is 8.49. The molecule has 0 aromatic heterocycles. The van der Waals surface area contributed by atoms with Crippen LogP contribution in [0, 0.1) is 0 Å². The van der Waals surface area contributed by atoms with Crippen molar-refractivity contribution in [2.75, 3.05) is 26.2 Å². The van der Waals surface area contributed by atoms with Gasteiger partial charge in [0.25, 0.3) is 0 Å². The lowest BCUT2D eigenvalue weighted by molar-refractivity contribution is 0.187. The van der Waals surface area contributed by atoms with Crippen LogP contribution in [0.5, 0.6) is 0 Å². The lowest BCUT2D eigenvalue weighted by Gasteiger charge is -2.27. The fourth-order valence-corrected chi connectivity index (χ4v) is 3.83. The van der Waals surface area contributed by atoms with E-state index >= 15 is 0 Å². The third-order valence-corrected chi connectivity index (χ3v) is 5.31. The lowest BCUT2D eigenvalue weighted by Crippen LogP contribution is -2.42. The minimum absolute atomic E-state index is 0.0366. The molecule has 0 spiro atoms. The Morgan fingerprint density at radius 2 is 1.71 bits per heavy atom. The molecule has 5 heteroatoms. The number of hydrogen-bond donors (Lipinski definition) is 2. The van der Waals surface area contributed by atoms with E-state index in [-0.39, 0.29) is 12.6 Å². The first-order valence-corrected chi connectivity index (χ1v) is 9.22. The summed E-state index contributed by atoms with van der Waals surface area (Å²) in [5, 5.41) is 12.1. The van der Waals surface area contributed by atoms with Gasteiger partial charge in [-0.1, -0.05) is 37.1 Å². The van der Waals surface area contributed by atoms with Gasteiger partial charge in [-0.05, 0) is 30.4 Å². The van der Waals surface area contributed by atoms with E-state index in [9.17, 15) is 4.79 Å². The van der Waals surface area contributed by atoms with Crippen molar-refractivity contribution in [3.8, 4) is 0 Å². The van der Waals surface area contributed by atoms with Crippen molar-refractivity contribution < 1.29 is 9.90 Å². The first-order chi connectivity index (χ1) is 11.8. The molecule has 2 fully saturated rings. The number of nitrogens with one attached hydrogen (secondary N) is 1. The van der Waals surface area contributed by atoms with Gasteiger partial charge in [0.2, 0.25) is 0 Å². The molecule has 1 aliphatic carbocycles. The molecule has 0 radical (unpaired) electrons. The topological polar surface area (TPSA) is 55.8 Å². The zero-order chi connectivity index (χ0) is 16.8. The van der Waals surface area contributed by atoms with Gasteiger partial charge in [-0.15, -0.1) is 0 Å². The van der Waals surface area contributed by atoms with Crippen LogP contribution in [0.1, 0.15) is 43.2 Å². The van der Waals surface area contributed by atoms with Gasteiger partial charge in [0, 0.05) is 38.8 Å². The quantitative estimate of drug-likeness (QED) is 0.890. The number of amides is 2. The Kier molecular flexibility index (Phi) is 6.10. The Balaban J connectivity index is 1.46. The second kappa shape index (κ2) is 8.49. The summed E-state index contributed by atoms with van der Waals surface area (Å²) in [4.78, 5) is 17.0. The van der Waals surface area contributed by atoms with E-state index in [4.69, 9.17) is 5.11 Å². The van der Waals surface area contributed by atoms with Crippen molar-refractivity contribution in [3.05, 3.63) is 35.4 Å². The van der Waals surface area contributed by atoms with Crippen molar-refractivity contribution in [1.82, 2.24) is 15.1 Å². The average molecular weight is 331 g/mol. The van der Waals surface area contributed by atoms with Crippen molar-refractivity contribution >= 4 is 6.03 Å². The highest BCUT2D eigenvalue weighted by Gasteiger charge is 2.25. The van der Waals surface area contributed by atoms with Gasteiger partial charge in [-0.25, -0.2) is 4.79 Å². The minimum Gasteiger partial charge on any atom is -0.392 e. The molecule has 0 atom stereocenters. The maximum absolute atomic E-state index is 12.4. The molecule has 1 heterocycles. The third-order valence-electron chi connectivity index (χ3n) is 5.31. The minimum atomic E-state index is 0.0366. The van der Waals surface area contributed by atoms with Gasteiger partial charge in [-0.2, -0.15) is 0 Å². The van der Waals surface area contributed by atoms with Gasteiger partial charge in [0.15, 0.2) is 0 Å². The fraction of sp³-hybridized carbons (Fsp3) is 0.632. The van der Waals surface area contributed by atoms with Gasteiger partial charge >= 0.3 is 6.03 Å². The molecule has 132 valence electrons. The molecule has 5 nitrogen and oxygen atoms in total. The number of rotatable bonds is 4. The number of carbonyl (C=O) groups excluding carboxylic acids is 1. The fourth-order valence-electron chi connectivity index (χ4n) is 3.83. The van der Waals surface area contributed by atoms with Gasteiger partial charge in [0.05, 0.1) is 6.61 Å². The maximum Gasteiger partial charge on any atom is 0.317 e. The van der Waals surface area contributed by atoms with E-state index < -0.39 is 0 Å². The molecule has 0 bridgehead atoms. The highest BCUT2D eigenvalue weighted by Crippen LogP contribution is 2.24. The van der Waals surface area contributed by atoms with Crippen LogP contribution < -0.4 is 5.32 Å². The van der Waals surface area contributed by atoms with Crippen LogP contribution in [0.4, 0.5) is 4.79 Å². The number of aliphatic hydroxyl groups is 1. The number of benzene rings is 1. The first-order valence-electron chi connectivity index (χ1n) is 9.22. The summed E-state index contributed by atoms with van der Waals surface area (Å²) >= 11 is 0. The average Bonchev–Trinajstić information content (AvgIpc) is 3.04. The van der Waals surface area contributed by atoms with Crippen LogP contribution in [-0.2, 0) is 13.2 Å². The van der Waals surface area contributed by atoms with Gasteiger partial charge in [-0.3, -0.25) is 4.90 Å². The molecular formula is C19H29N3O2. The Morgan fingerprint density at radius 3 is 2.42 bits per heavy atom. The van der Waals surface area contributed by atoms with Crippen LogP contribution in [0.25, 0.3) is 0 Å². The first kappa shape index (κ1) is 17.2. The van der Waals surface area contributed by atoms with Crippen LogP contribution in [0.3, 0.4) is 0 Å². The predicted octanol–water partition coefficient (Wildman–Crippen LogP) is 2.34. The molecule has 1 aromatic carbocycles. The monoisotopic (exact) mass is 331 g/mol. The number of carbonyl (C=O) groups is 1. The molecule has 1 saturated heterocycles. The van der Waals surface area contributed by atoms with Crippen molar-refractivity contribution in [2.45, 2.75) is 51.3 Å². The van der Waals surface area contributed by atoms with E-state index in [0.717, 1.165) is 49.8 Å². The molecule has 2 amide bonds. The van der Waals surface area contributed by atoms with E-state index in [1.807, 2.05) is 29.2 Å². The molecule has 1 aliphatic heterocycles. The summed E-state index contributed by atoms with van der Waals surface area (Å²) < 4.78 is 0. The van der Waals surface area contributed by atoms with Gasteiger partial charge in [0.1, 0.15) is 0 Å².